The highest BCUT2D eigenvalue weighted by atomic mass is 35.5. The Kier molecular flexibility index (Phi) is 7.31. The molecule has 0 aliphatic rings. The molecular weight excluding hydrogens is 219 g/mol. The second kappa shape index (κ2) is 7.31. The van der Waals surface area contributed by atoms with Gasteiger partial charge in [0.2, 0.25) is 0 Å². The van der Waals surface area contributed by atoms with Crippen LogP contribution in [0, 0.1) is 0 Å². The first-order valence-electron chi connectivity index (χ1n) is 4.34. The summed E-state index contributed by atoms with van der Waals surface area (Å²) in [6.45, 7) is 0.291. The van der Waals surface area contributed by atoms with E-state index in [1.165, 1.54) is 7.11 Å². The van der Waals surface area contributed by atoms with Gasteiger partial charge in [0, 0.05) is 25.6 Å². The van der Waals surface area contributed by atoms with Gasteiger partial charge in [0.15, 0.2) is 0 Å². The summed E-state index contributed by atoms with van der Waals surface area (Å²) in [5.41, 5.74) is 0. The first-order chi connectivity index (χ1) is 6.49. The van der Waals surface area contributed by atoms with Crippen LogP contribution in [0.3, 0.4) is 0 Å². The normalized spacial score (nSPS) is 14.4. The van der Waals surface area contributed by atoms with Crippen molar-refractivity contribution in [3.8, 4) is 0 Å². The molecule has 1 unspecified atom stereocenters. The van der Waals surface area contributed by atoms with E-state index in [1.54, 1.807) is 0 Å². The maximum Gasteiger partial charge on any atom is 0.390 e. The van der Waals surface area contributed by atoms with Crippen molar-refractivity contribution in [1.29, 1.82) is 0 Å². The molecule has 6 heteroatoms. The van der Waals surface area contributed by atoms with Crippen LogP contribution in [0.1, 0.15) is 12.8 Å². The zero-order chi connectivity index (χ0) is 11.0. The van der Waals surface area contributed by atoms with Gasteiger partial charge in [-0.3, -0.25) is 0 Å². The van der Waals surface area contributed by atoms with Crippen molar-refractivity contribution >= 4 is 11.6 Å². The fourth-order valence-corrected chi connectivity index (χ4v) is 1.26. The number of hydrogen-bond donors (Lipinski definition) is 1. The highest BCUT2D eigenvalue weighted by Gasteiger charge is 2.26. The van der Waals surface area contributed by atoms with Crippen LogP contribution in [-0.4, -0.2) is 38.4 Å². The van der Waals surface area contributed by atoms with E-state index in [-0.39, 0.29) is 12.6 Å². The zero-order valence-electron chi connectivity index (χ0n) is 8.03. The molecule has 0 rings (SSSR count). The standard InChI is InChI=1S/C8H15ClF3NO/c1-14-6-7(2-4-9)13-5-3-8(10,11)12/h7,13H,2-6H2,1H3. The Bertz CT molecular complexity index is 137. The molecule has 0 aromatic carbocycles. The van der Waals surface area contributed by atoms with Crippen LogP contribution in [-0.2, 0) is 4.74 Å². The Morgan fingerprint density at radius 2 is 2.07 bits per heavy atom. The van der Waals surface area contributed by atoms with Crippen LogP contribution >= 0.6 is 11.6 Å². The van der Waals surface area contributed by atoms with Gasteiger partial charge < -0.3 is 10.1 Å². The summed E-state index contributed by atoms with van der Waals surface area (Å²) in [5, 5.41) is 2.75. The summed E-state index contributed by atoms with van der Waals surface area (Å²) >= 11 is 5.48. The minimum atomic E-state index is -4.11. The molecule has 0 amide bonds. The van der Waals surface area contributed by atoms with E-state index >= 15 is 0 Å². The lowest BCUT2D eigenvalue weighted by Crippen LogP contribution is -2.35. The van der Waals surface area contributed by atoms with Gasteiger partial charge in [-0.1, -0.05) is 0 Å². The van der Waals surface area contributed by atoms with Crippen molar-refractivity contribution < 1.29 is 17.9 Å². The Balaban J connectivity index is 3.60. The van der Waals surface area contributed by atoms with Gasteiger partial charge in [0.05, 0.1) is 13.0 Å². The highest BCUT2D eigenvalue weighted by molar-refractivity contribution is 6.17. The number of rotatable bonds is 7. The molecule has 14 heavy (non-hydrogen) atoms. The molecule has 1 atom stereocenters. The molecule has 0 aliphatic carbocycles. The number of alkyl halides is 4. The van der Waals surface area contributed by atoms with E-state index in [1.807, 2.05) is 0 Å². The summed E-state index contributed by atoms with van der Waals surface area (Å²) in [4.78, 5) is 0. The lowest BCUT2D eigenvalue weighted by molar-refractivity contribution is -0.133. The Morgan fingerprint density at radius 1 is 1.43 bits per heavy atom. The Labute approximate surface area is 86.8 Å². The number of halogens is 4. The van der Waals surface area contributed by atoms with Crippen molar-refractivity contribution in [3.63, 3.8) is 0 Å². The second-order valence-corrected chi connectivity index (χ2v) is 3.33. The van der Waals surface area contributed by atoms with Crippen LogP contribution in [0.15, 0.2) is 0 Å². The van der Waals surface area contributed by atoms with Crippen molar-refractivity contribution in [1.82, 2.24) is 5.32 Å². The minimum absolute atomic E-state index is 0.0889. The molecule has 0 aromatic heterocycles. The van der Waals surface area contributed by atoms with Gasteiger partial charge in [-0.05, 0) is 6.42 Å². The number of nitrogens with one attached hydrogen (secondary N) is 1. The molecule has 0 heterocycles. The van der Waals surface area contributed by atoms with Gasteiger partial charge in [0.1, 0.15) is 0 Å². The molecule has 0 spiro atoms. The fourth-order valence-electron chi connectivity index (χ4n) is 0.995. The van der Waals surface area contributed by atoms with Gasteiger partial charge >= 0.3 is 6.18 Å². The first-order valence-corrected chi connectivity index (χ1v) is 4.88. The molecular formula is C8H15ClF3NO. The molecule has 1 N–H and O–H groups in total. The molecule has 0 aliphatic heterocycles. The lowest BCUT2D eigenvalue weighted by Gasteiger charge is -2.17. The SMILES string of the molecule is COCC(CCCl)NCCC(F)(F)F. The second-order valence-electron chi connectivity index (χ2n) is 2.95. The van der Waals surface area contributed by atoms with E-state index in [2.05, 4.69) is 5.32 Å². The summed E-state index contributed by atoms with van der Waals surface area (Å²) in [5.74, 6) is 0.410. The monoisotopic (exact) mass is 233 g/mol. The number of ether oxygens (including phenoxy) is 1. The van der Waals surface area contributed by atoms with Crippen molar-refractivity contribution in [2.75, 3.05) is 26.1 Å². The van der Waals surface area contributed by atoms with Gasteiger partial charge in [-0.2, -0.15) is 13.2 Å². The molecule has 86 valence electrons. The summed E-state index contributed by atoms with van der Waals surface area (Å²) in [7, 11) is 1.51. The fraction of sp³-hybridized carbons (Fsp3) is 1.00. The average Bonchev–Trinajstić information content (AvgIpc) is 2.02. The first kappa shape index (κ1) is 14.0. The topological polar surface area (TPSA) is 21.3 Å². The van der Waals surface area contributed by atoms with Crippen LogP contribution in [0.25, 0.3) is 0 Å². The Morgan fingerprint density at radius 3 is 2.50 bits per heavy atom. The quantitative estimate of drug-likeness (QED) is 0.681. The largest absolute Gasteiger partial charge is 0.390 e. The molecule has 0 saturated heterocycles. The van der Waals surface area contributed by atoms with E-state index in [0.29, 0.717) is 18.9 Å². The molecule has 0 saturated carbocycles. The molecule has 0 radical (unpaired) electrons. The third kappa shape index (κ3) is 8.59. The highest BCUT2D eigenvalue weighted by Crippen LogP contribution is 2.18. The molecule has 0 fully saturated rings. The lowest BCUT2D eigenvalue weighted by atomic mass is 10.2. The third-order valence-corrected chi connectivity index (χ3v) is 1.89. The maximum absolute atomic E-state index is 11.8. The average molecular weight is 234 g/mol. The minimum Gasteiger partial charge on any atom is -0.383 e. The smallest absolute Gasteiger partial charge is 0.383 e. The number of hydrogen-bond acceptors (Lipinski definition) is 2. The predicted octanol–water partition coefficient (Wildman–Crippen LogP) is 2.17. The number of methoxy groups -OCH3 is 1. The van der Waals surface area contributed by atoms with E-state index in [0.717, 1.165) is 0 Å². The third-order valence-electron chi connectivity index (χ3n) is 1.67. The van der Waals surface area contributed by atoms with E-state index < -0.39 is 12.6 Å². The molecule has 2 nitrogen and oxygen atoms in total. The van der Waals surface area contributed by atoms with Crippen molar-refractivity contribution in [3.05, 3.63) is 0 Å². The summed E-state index contributed by atoms with van der Waals surface area (Å²) in [6.07, 6.45) is -4.33. The predicted molar refractivity (Wildman–Crippen MR) is 49.7 cm³/mol. The Hall–Kier alpha value is -0.0000000000000000555. The van der Waals surface area contributed by atoms with Gasteiger partial charge in [-0.25, -0.2) is 0 Å². The zero-order valence-corrected chi connectivity index (χ0v) is 8.79. The summed E-state index contributed by atoms with van der Waals surface area (Å²) in [6, 6.07) is -0.0974. The molecule has 0 aromatic rings. The van der Waals surface area contributed by atoms with Crippen molar-refractivity contribution in [2.24, 2.45) is 0 Å². The van der Waals surface area contributed by atoms with Crippen LogP contribution in [0.5, 0.6) is 0 Å². The molecule has 0 bridgehead atoms. The van der Waals surface area contributed by atoms with E-state index in [4.69, 9.17) is 16.3 Å². The maximum atomic E-state index is 11.8. The van der Waals surface area contributed by atoms with Crippen molar-refractivity contribution in [2.45, 2.75) is 25.1 Å². The van der Waals surface area contributed by atoms with Crippen LogP contribution < -0.4 is 5.32 Å². The van der Waals surface area contributed by atoms with Crippen LogP contribution in [0.4, 0.5) is 13.2 Å². The summed E-state index contributed by atoms with van der Waals surface area (Å²) < 4.78 is 40.2. The van der Waals surface area contributed by atoms with Crippen LogP contribution in [0.2, 0.25) is 0 Å². The van der Waals surface area contributed by atoms with Gasteiger partial charge in [0.25, 0.3) is 0 Å². The van der Waals surface area contributed by atoms with Gasteiger partial charge in [-0.15, -0.1) is 11.6 Å². The van der Waals surface area contributed by atoms with E-state index in [9.17, 15) is 13.2 Å².